The van der Waals surface area contributed by atoms with Crippen LogP contribution in [0.5, 0.6) is 0 Å². The highest BCUT2D eigenvalue weighted by Crippen LogP contribution is 2.33. The van der Waals surface area contributed by atoms with Crippen molar-refractivity contribution in [1.82, 2.24) is 9.80 Å². The van der Waals surface area contributed by atoms with E-state index in [4.69, 9.17) is 0 Å². The normalized spacial score (nSPS) is 19.8. The van der Waals surface area contributed by atoms with Crippen molar-refractivity contribution in [1.29, 1.82) is 0 Å². The molecule has 0 spiro atoms. The zero-order chi connectivity index (χ0) is 18.1. The van der Waals surface area contributed by atoms with E-state index in [1.165, 1.54) is 11.1 Å². The van der Waals surface area contributed by atoms with Crippen LogP contribution in [0.15, 0.2) is 60.2 Å². The number of rotatable bonds is 2. The predicted octanol–water partition coefficient (Wildman–Crippen LogP) is 3.06. The Balaban J connectivity index is 1.58. The van der Waals surface area contributed by atoms with Crippen molar-refractivity contribution in [2.75, 3.05) is 19.6 Å². The van der Waals surface area contributed by atoms with Crippen LogP contribution in [0.25, 0.3) is 6.08 Å². The summed E-state index contributed by atoms with van der Waals surface area (Å²) in [6, 6.07) is 18.0. The zero-order valence-electron chi connectivity index (χ0n) is 14.9. The molecule has 1 unspecified atom stereocenters. The number of nitrogens with zero attached hydrogens (tertiary/aromatic N) is 2. The summed E-state index contributed by atoms with van der Waals surface area (Å²) in [7, 11) is 0. The Bertz CT molecular complexity index is 873. The lowest BCUT2D eigenvalue weighted by Gasteiger charge is -2.44. The number of amides is 2. The molecule has 26 heavy (non-hydrogen) atoms. The average Bonchev–Trinajstić information content (AvgIpc) is 2.68. The summed E-state index contributed by atoms with van der Waals surface area (Å²) in [6.45, 7) is 3.28. The second-order valence-electron chi connectivity index (χ2n) is 6.98. The Labute approximate surface area is 153 Å². The van der Waals surface area contributed by atoms with Gasteiger partial charge in [-0.1, -0.05) is 54.6 Å². The lowest BCUT2D eigenvalue weighted by atomic mass is 9.90. The van der Waals surface area contributed by atoms with Crippen LogP contribution < -0.4 is 0 Å². The topological polar surface area (TPSA) is 40.6 Å². The third kappa shape index (κ3) is 3.03. The molecular weight excluding hydrogens is 324 g/mol. The first-order chi connectivity index (χ1) is 12.6. The number of carbonyl (C=O) groups excluding carboxylic acids is 2. The Morgan fingerprint density at radius 1 is 1.08 bits per heavy atom. The molecule has 0 bridgehead atoms. The largest absolute Gasteiger partial charge is 0.332 e. The SMILES string of the molecule is C/C(=C\c1ccccc1)C(=O)N1CC(=O)N2CCc3ccccc3C2C1. The maximum atomic E-state index is 12.9. The fourth-order valence-corrected chi connectivity index (χ4v) is 3.94. The first kappa shape index (κ1) is 16.6. The van der Waals surface area contributed by atoms with Crippen molar-refractivity contribution in [2.45, 2.75) is 19.4 Å². The van der Waals surface area contributed by atoms with Crippen LogP contribution in [0.1, 0.15) is 29.7 Å². The van der Waals surface area contributed by atoms with Gasteiger partial charge in [0, 0.05) is 18.7 Å². The summed E-state index contributed by atoms with van der Waals surface area (Å²) >= 11 is 0. The fraction of sp³-hybridized carbons (Fsp3) is 0.273. The molecule has 0 aliphatic carbocycles. The van der Waals surface area contributed by atoms with Crippen molar-refractivity contribution < 1.29 is 9.59 Å². The Kier molecular flexibility index (Phi) is 4.33. The van der Waals surface area contributed by atoms with Crippen LogP contribution in [0.4, 0.5) is 0 Å². The summed E-state index contributed by atoms with van der Waals surface area (Å²) in [5.41, 5.74) is 4.11. The molecule has 1 fully saturated rings. The van der Waals surface area contributed by atoms with E-state index in [0.717, 1.165) is 18.5 Å². The van der Waals surface area contributed by atoms with Gasteiger partial charge in [0.05, 0.1) is 6.04 Å². The van der Waals surface area contributed by atoms with Gasteiger partial charge < -0.3 is 9.80 Å². The molecule has 0 N–H and O–H groups in total. The maximum Gasteiger partial charge on any atom is 0.250 e. The summed E-state index contributed by atoms with van der Waals surface area (Å²) in [4.78, 5) is 29.2. The van der Waals surface area contributed by atoms with Crippen molar-refractivity contribution in [3.05, 3.63) is 76.9 Å². The Hall–Kier alpha value is -2.88. The molecule has 2 aliphatic rings. The lowest BCUT2D eigenvalue weighted by Crippen LogP contribution is -2.55. The maximum absolute atomic E-state index is 12.9. The van der Waals surface area contributed by atoms with Crippen molar-refractivity contribution in [3.8, 4) is 0 Å². The lowest BCUT2D eigenvalue weighted by molar-refractivity contribution is -0.147. The number of piperazine rings is 1. The monoisotopic (exact) mass is 346 g/mol. The van der Waals surface area contributed by atoms with Crippen LogP contribution in [0, 0.1) is 0 Å². The van der Waals surface area contributed by atoms with Crippen molar-refractivity contribution in [2.24, 2.45) is 0 Å². The van der Waals surface area contributed by atoms with E-state index in [2.05, 4.69) is 12.1 Å². The molecule has 0 aromatic heterocycles. The van der Waals surface area contributed by atoms with E-state index in [-0.39, 0.29) is 24.4 Å². The molecule has 0 saturated carbocycles. The second kappa shape index (κ2) is 6.79. The number of carbonyl (C=O) groups is 2. The molecule has 4 nitrogen and oxygen atoms in total. The fourth-order valence-electron chi connectivity index (χ4n) is 3.94. The van der Waals surface area contributed by atoms with Crippen molar-refractivity contribution in [3.63, 3.8) is 0 Å². The third-order valence-corrected chi connectivity index (χ3v) is 5.26. The minimum Gasteiger partial charge on any atom is -0.332 e. The standard InChI is InChI=1S/C22H22N2O2/c1-16(13-17-7-3-2-4-8-17)22(26)23-14-20-19-10-6-5-9-18(19)11-12-24(20)21(25)15-23/h2-10,13,20H,11-12,14-15H2,1H3/b16-13+. The van der Waals surface area contributed by atoms with Crippen LogP contribution in [0.3, 0.4) is 0 Å². The smallest absolute Gasteiger partial charge is 0.250 e. The highest BCUT2D eigenvalue weighted by molar-refractivity contribution is 5.99. The highest BCUT2D eigenvalue weighted by Gasteiger charge is 2.38. The van der Waals surface area contributed by atoms with E-state index >= 15 is 0 Å². The molecular formula is C22H22N2O2. The summed E-state index contributed by atoms with van der Waals surface area (Å²) in [5, 5.41) is 0. The molecule has 2 aromatic rings. The van der Waals surface area contributed by atoms with Gasteiger partial charge in [0.25, 0.3) is 0 Å². The van der Waals surface area contributed by atoms with Gasteiger partial charge in [0.1, 0.15) is 6.54 Å². The van der Waals surface area contributed by atoms with Crippen LogP contribution in [0.2, 0.25) is 0 Å². The molecule has 4 rings (SSSR count). The van der Waals surface area contributed by atoms with Gasteiger partial charge in [-0.3, -0.25) is 9.59 Å². The number of hydrogen-bond donors (Lipinski definition) is 0. The predicted molar refractivity (Wildman–Crippen MR) is 101 cm³/mol. The summed E-state index contributed by atoms with van der Waals surface area (Å²) in [5.74, 6) is -0.0264. The molecule has 132 valence electrons. The molecule has 4 heteroatoms. The van der Waals surface area contributed by atoms with Crippen LogP contribution in [-0.4, -0.2) is 41.2 Å². The number of fused-ring (bicyclic) bond motifs is 3. The quantitative estimate of drug-likeness (QED) is 0.784. The van der Waals surface area contributed by atoms with Crippen LogP contribution in [-0.2, 0) is 16.0 Å². The van der Waals surface area contributed by atoms with Gasteiger partial charge in [0.15, 0.2) is 0 Å². The summed E-state index contributed by atoms with van der Waals surface area (Å²) in [6.07, 6.45) is 2.77. The van der Waals surface area contributed by atoms with Gasteiger partial charge in [-0.25, -0.2) is 0 Å². The first-order valence-electron chi connectivity index (χ1n) is 9.03. The Morgan fingerprint density at radius 2 is 1.81 bits per heavy atom. The van der Waals surface area contributed by atoms with E-state index in [9.17, 15) is 9.59 Å². The molecule has 2 aliphatic heterocycles. The Morgan fingerprint density at radius 3 is 2.62 bits per heavy atom. The van der Waals surface area contributed by atoms with Crippen molar-refractivity contribution >= 4 is 17.9 Å². The molecule has 2 aromatic carbocycles. The number of hydrogen-bond acceptors (Lipinski definition) is 2. The van der Waals surface area contributed by atoms with Gasteiger partial charge >= 0.3 is 0 Å². The first-order valence-corrected chi connectivity index (χ1v) is 9.03. The minimum absolute atomic E-state index is 0.0327. The average molecular weight is 346 g/mol. The van der Waals surface area contributed by atoms with Gasteiger partial charge in [-0.05, 0) is 36.1 Å². The van der Waals surface area contributed by atoms with Gasteiger partial charge in [-0.15, -0.1) is 0 Å². The zero-order valence-corrected chi connectivity index (χ0v) is 14.9. The van der Waals surface area contributed by atoms with E-state index in [0.29, 0.717) is 12.1 Å². The molecule has 1 atom stereocenters. The number of benzene rings is 2. The van der Waals surface area contributed by atoms with Gasteiger partial charge in [-0.2, -0.15) is 0 Å². The molecule has 0 radical (unpaired) electrons. The molecule has 2 amide bonds. The summed E-state index contributed by atoms with van der Waals surface area (Å²) < 4.78 is 0. The molecule has 1 saturated heterocycles. The van der Waals surface area contributed by atoms with E-state index in [1.54, 1.807) is 4.90 Å². The van der Waals surface area contributed by atoms with Crippen LogP contribution >= 0.6 is 0 Å². The molecule has 2 heterocycles. The second-order valence-corrected chi connectivity index (χ2v) is 6.98. The third-order valence-electron chi connectivity index (χ3n) is 5.26. The van der Waals surface area contributed by atoms with E-state index < -0.39 is 0 Å². The van der Waals surface area contributed by atoms with Gasteiger partial charge in [0.2, 0.25) is 11.8 Å². The van der Waals surface area contributed by atoms with E-state index in [1.807, 2.05) is 60.4 Å². The minimum atomic E-state index is -0.0649. The highest BCUT2D eigenvalue weighted by atomic mass is 16.2.